The first-order valence-corrected chi connectivity index (χ1v) is 20.7. The van der Waals surface area contributed by atoms with Gasteiger partial charge >= 0.3 is 5.97 Å². The monoisotopic (exact) mass is 857 g/mol. The van der Waals surface area contributed by atoms with Crippen LogP contribution in [-0.2, 0) is 46.4 Å². The second-order valence-corrected chi connectivity index (χ2v) is 16.2. The lowest BCUT2D eigenvalue weighted by Crippen LogP contribution is -2.62. The third-order valence-electron chi connectivity index (χ3n) is 9.93. The molecule has 0 aliphatic carbocycles. The molecule has 17 nitrogen and oxygen atoms in total. The first kappa shape index (κ1) is 50.9. The highest BCUT2D eigenvalue weighted by molar-refractivity contribution is 7.80. The normalized spacial score (nSPS) is 15.8. The van der Waals surface area contributed by atoms with E-state index in [9.17, 15) is 48.9 Å². The summed E-state index contributed by atoms with van der Waals surface area (Å²) in [6.07, 6.45) is -0.772. The van der Waals surface area contributed by atoms with Crippen LogP contribution in [0.15, 0.2) is 54.6 Å². The molecular weight excluding hydrogens is 795 g/mol. The van der Waals surface area contributed by atoms with Gasteiger partial charge in [-0.25, -0.2) is 4.79 Å². The zero-order valence-electron chi connectivity index (χ0n) is 35.3. The molecule has 0 spiro atoms. The first-order chi connectivity index (χ1) is 28.2. The second kappa shape index (κ2) is 24.8. The number of aliphatic carboxylic acids is 1. The summed E-state index contributed by atoms with van der Waals surface area (Å²) in [5.74, 6) is -7.07. The van der Waals surface area contributed by atoms with Gasteiger partial charge in [-0.15, -0.1) is 0 Å². The molecule has 0 aliphatic rings. The molecule has 11 N–H and O–H groups in total. The van der Waals surface area contributed by atoms with Crippen molar-refractivity contribution < 1.29 is 48.9 Å². The predicted octanol–water partition coefficient (Wildman–Crippen LogP) is 0.557. The summed E-state index contributed by atoms with van der Waals surface area (Å²) in [6, 6.07) is 5.85. The van der Waals surface area contributed by atoms with Gasteiger partial charge in [-0.3, -0.25) is 28.8 Å². The van der Waals surface area contributed by atoms with Crippen molar-refractivity contribution in [3.8, 4) is 5.75 Å². The summed E-state index contributed by atoms with van der Waals surface area (Å²) in [7, 11) is 0. The van der Waals surface area contributed by atoms with E-state index in [-0.39, 0.29) is 42.6 Å². The van der Waals surface area contributed by atoms with E-state index >= 15 is 0 Å². The molecule has 0 radical (unpaired) electrons. The maximum Gasteiger partial charge on any atom is 0.326 e. The number of hydrogen-bond acceptors (Lipinski definition) is 11. The van der Waals surface area contributed by atoms with E-state index in [1.54, 1.807) is 51.1 Å². The molecule has 0 saturated heterocycles. The van der Waals surface area contributed by atoms with Crippen molar-refractivity contribution in [1.29, 1.82) is 0 Å². The Labute approximate surface area is 357 Å². The molecule has 0 aromatic heterocycles. The Bertz CT molecular complexity index is 1750. The number of carbonyl (C=O) groups is 7. The standard InChI is InChI=1S/C42H63N7O10S/c1-8-24(6)33(43)39(55)44-30(19-26-12-10-9-11-13-26)37(53)49-35(25(7)50)41(57)47-32(21-60)38(54)48-34(23(4)5)40(56)45-29(18-22(2)3)36(52)46-31(42(58)59)20-27-14-16-28(51)17-15-27/h9-17,22-25,29-35,50-51,60H,8,18-21,43H2,1-7H3,(H,44,55)(H,45,56)(H,46,52)(H,47,57)(H,48,54)(H,49,53)(H,58,59)/t24-,25+,29-,30-,31-,32-,33-,34-,35-/m0/s1. The average molecular weight is 858 g/mol. The Hall–Kier alpha value is -5.20. The summed E-state index contributed by atoms with van der Waals surface area (Å²) >= 11 is 4.23. The number of carbonyl (C=O) groups excluding carboxylic acids is 6. The number of carboxylic acid groups (broad SMARTS) is 1. The van der Waals surface area contributed by atoms with Gasteiger partial charge in [-0.05, 0) is 54.4 Å². The molecule has 0 aliphatic heterocycles. The van der Waals surface area contributed by atoms with Gasteiger partial charge in [0.1, 0.15) is 42.0 Å². The van der Waals surface area contributed by atoms with Crippen molar-refractivity contribution in [3.05, 3.63) is 65.7 Å². The topological polar surface area (TPSA) is 278 Å². The SMILES string of the molecule is CC[C@H](C)[C@H](N)C(=O)N[C@@H](Cc1ccccc1)C(=O)N[C@H](C(=O)N[C@@H](CS)C(=O)N[C@H](C(=O)N[C@@H](CC(C)C)C(=O)N[C@@H](Cc1ccc(O)cc1)C(=O)O)C(C)C)[C@@H](C)O. The zero-order chi connectivity index (χ0) is 45.3. The molecule has 60 heavy (non-hydrogen) atoms. The number of nitrogens with two attached hydrogens (primary N) is 1. The highest BCUT2D eigenvalue weighted by Crippen LogP contribution is 2.14. The van der Waals surface area contributed by atoms with Gasteiger partial charge in [-0.2, -0.15) is 12.6 Å². The fourth-order valence-corrected chi connectivity index (χ4v) is 6.30. The molecule has 0 heterocycles. The number of aliphatic hydroxyl groups is 1. The largest absolute Gasteiger partial charge is 0.508 e. The smallest absolute Gasteiger partial charge is 0.326 e. The van der Waals surface area contributed by atoms with E-state index in [0.29, 0.717) is 17.5 Å². The Balaban J connectivity index is 2.22. The van der Waals surface area contributed by atoms with E-state index in [1.165, 1.54) is 31.2 Å². The van der Waals surface area contributed by atoms with Crippen LogP contribution < -0.4 is 37.6 Å². The van der Waals surface area contributed by atoms with Gasteiger partial charge < -0.3 is 53.0 Å². The summed E-state index contributed by atoms with van der Waals surface area (Å²) < 4.78 is 0. The Morgan fingerprint density at radius 3 is 1.60 bits per heavy atom. The Morgan fingerprint density at radius 1 is 0.617 bits per heavy atom. The number of phenolic OH excluding ortho intramolecular Hbond substituents is 1. The summed E-state index contributed by atoms with van der Waals surface area (Å²) in [4.78, 5) is 93.2. The molecule has 18 heteroatoms. The van der Waals surface area contributed by atoms with Gasteiger partial charge in [0.05, 0.1) is 12.1 Å². The lowest BCUT2D eigenvalue weighted by Gasteiger charge is -2.29. The number of carboxylic acids is 1. The molecule has 332 valence electrons. The Kier molecular flexibility index (Phi) is 21.0. The lowest BCUT2D eigenvalue weighted by molar-refractivity contribution is -0.142. The van der Waals surface area contributed by atoms with E-state index in [1.807, 2.05) is 20.8 Å². The van der Waals surface area contributed by atoms with E-state index < -0.39 is 95.7 Å². The molecule has 0 unspecified atom stereocenters. The number of amides is 6. The summed E-state index contributed by atoms with van der Waals surface area (Å²) in [5.41, 5.74) is 7.37. The number of thiol groups is 1. The highest BCUT2D eigenvalue weighted by Gasteiger charge is 2.36. The van der Waals surface area contributed by atoms with Gasteiger partial charge in [0.15, 0.2) is 0 Å². The van der Waals surface area contributed by atoms with Crippen molar-refractivity contribution >= 4 is 54.0 Å². The van der Waals surface area contributed by atoms with Crippen LogP contribution >= 0.6 is 12.6 Å². The number of phenols is 1. The predicted molar refractivity (Wildman–Crippen MR) is 228 cm³/mol. The molecule has 6 amide bonds. The van der Waals surface area contributed by atoms with Crippen LogP contribution in [0.5, 0.6) is 5.75 Å². The maximum atomic E-state index is 13.7. The number of aliphatic hydroxyl groups excluding tert-OH is 1. The number of rotatable bonds is 24. The van der Waals surface area contributed by atoms with Crippen LogP contribution in [-0.4, -0.2) is 111 Å². The molecule has 0 fully saturated rings. The molecule has 2 aromatic rings. The van der Waals surface area contributed by atoms with Crippen LogP contribution in [0.2, 0.25) is 0 Å². The number of hydrogen-bond donors (Lipinski definition) is 11. The molecule has 0 saturated carbocycles. The minimum Gasteiger partial charge on any atom is -0.508 e. The van der Waals surface area contributed by atoms with Crippen molar-refractivity contribution in [2.75, 3.05) is 5.75 Å². The number of aromatic hydroxyl groups is 1. The van der Waals surface area contributed by atoms with Crippen molar-refractivity contribution in [2.45, 2.75) is 123 Å². The van der Waals surface area contributed by atoms with E-state index in [2.05, 4.69) is 44.5 Å². The van der Waals surface area contributed by atoms with Gasteiger partial charge in [0, 0.05) is 18.6 Å². The summed E-state index contributed by atoms with van der Waals surface area (Å²) in [5, 5.41) is 45.4. The summed E-state index contributed by atoms with van der Waals surface area (Å²) in [6.45, 7) is 11.9. The molecule has 0 bridgehead atoms. The third-order valence-corrected chi connectivity index (χ3v) is 10.3. The lowest BCUT2D eigenvalue weighted by atomic mass is 9.98. The van der Waals surface area contributed by atoms with Crippen LogP contribution in [0.1, 0.15) is 72.4 Å². The van der Waals surface area contributed by atoms with Crippen LogP contribution in [0.3, 0.4) is 0 Å². The zero-order valence-corrected chi connectivity index (χ0v) is 36.2. The minimum absolute atomic E-state index is 0.00759. The van der Waals surface area contributed by atoms with Gasteiger partial charge in [0.25, 0.3) is 0 Å². The third kappa shape index (κ3) is 16.5. The number of nitrogens with one attached hydrogen (secondary N) is 6. The Morgan fingerprint density at radius 2 is 1.08 bits per heavy atom. The van der Waals surface area contributed by atoms with Crippen LogP contribution in [0.25, 0.3) is 0 Å². The van der Waals surface area contributed by atoms with Gasteiger partial charge in [0.2, 0.25) is 35.4 Å². The highest BCUT2D eigenvalue weighted by atomic mass is 32.1. The quantitative estimate of drug-likeness (QED) is 0.0649. The second-order valence-electron chi connectivity index (χ2n) is 15.8. The first-order valence-electron chi connectivity index (χ1n) is 20.1. The molecule has 2 rings (SSSR count). The molecular formula is C42H63N7O10S. The van der Waals surface area contributed by atoms with Crippen molar-refractivity contribution in [3.63, 3.8) is 0 Å². The average Bonchev–Trinajstić information content (AvgIpc) is 3.19. The van der Waals surface area contributed by atoms with E-state index in [4.69, 9.17) is 5.73 Å². The van der Waals surface area contributed by atoms with Crippen LogP contribution in [0, 0.1) is 17.8 Å². The fraction of sp³-hybridized carbons (Fsp3) is 0.548. The van der Waals surface area contributed by atoms with Crippen LogP contribution in [0.4, 0.5) is 0 Å². The minimum atomic E-state index is -1.59. The molecule has 2 aromatic carbocycles. The van der Waals surface area contributed by atoms with Crippen molar-refractivity contribution in [2.24, 2.45) is 23.5 Å². The fourth-order valence-electron chi connectivity index (χ4n) is 6.05. The molecule has 9 atom stereocenters. The maximum absolute atomic E-state index is 13.7. The van der Waals surface area contributed by atoms with Gasteiger partial charge in [-0.1, -0.05) is 90.4 Å². The number of benzene rings is 2. The van der Waals surface area contributed by atoms with E-state index in [0.717, 1.165) is 0 Å². The van der Waals surface area contributed by atoms with Crippen molar-refractivity contribution in [1.82, 2.24) is 31.9 Å².